The number of aliphatic carboxylic acids is 3. The Morgan fingerprint density at radius 2 is 0.917 bits per heavy atom. The summed E-state index contributed by atoms with van der Waals surface area (Å²) in [4.78, 5) is 58.2. The fraction of sp³-hybridized carbons (Fsp3) is 0.773. The van der Waals surface area contributed by atoms with Crippen molar-refractivity contribution in [2.75, 3.05) is 39.3 Å². The van der Waals surface area contributed by atoms with Gasteiger partial charge in [-0.1, -0.05) is 58.3 Å². The minimum absolute atomic E-state index is 0. The zero-order chi connectivity index (χ0) is 25.1. The Bertz CT molecular complexity index is 624. The smallest absolute Gasteiger partial charge is 0.549 e. The van der Waals surface area contributed by atoms with Crippen LogP contribution in [0.4, 0.5) is 0 Å². The van der Waals surface area contributed by atoms with Gasteiger partial charge in [0.25, 0.3) is 0 Å². The summed E-state index contributed by atoms with van der Waals surface area (Å²) in [6.07, 6.45) is 9.69. The Hall–Kier alpha value is 0.470. The molecule has 0 aliphatic carbocycles. The minimum Gasteiger partial charge on any atom is -0.549 e. The van der Waals surface area contributed by atoms with Gasteiger partial charge in [-0.05, 0) is 6.42 Å². The summed E-state index contributed by atoms with van der Waals surface area (Å²) in [5.74, 6) is -6.21. The molecule has 0 aliphatic rings. The van der Waals surface area contributed by atoms with Crippen LogP contribution >= 0.6 is 0 Å². The zero-order valence-electron chi connectivity index (χ0n) is 22.4. The first kappa shape index (κ1) is 43.5. The van der Waals surface area contributed by atoms with E-state index in [1.165, 1.54) is 32.1 Å². The van der Waals surface area contributed by atoms with Crippen molar-refractivity contribution in [3.63, 3.8) is 0 Å². The van der Waals surface area contributed by atoms with E-state index in [-0.39, 0.29) is 108 Å². The molecular weight excluding hydrogens is 505 g/mol. The molecule has 0 aromatic carbocycles. The summed E-state index contributed by atoms with van der Waals surface area (Å²) in [5, 5.41) is 32.4. The second-order valence-electron chi connectivity index (χ2n) is 7.96. The van der Waals surface area contributed by atoms with E-state index in [1.807, 2.05) is 0 Å². The standard InChI is InChI=1S/C22H38N2O9.3Na/c1-2-3-4-5-6-7-8-9-10-11-21(31)33-22(32)17-24(16-20(29)30)13-12-23(14-18(25)26)15-19(27)28;;;/h2-17H2,1H3,(H,25,26)(H,27,28)(H,29,30);;;/q;3*+1/p-3. The second-order valence-corrected chi connectivity index (χ2v) is 7.96. The van der Waals surface area contributed by atoms with Crippen molar-refractivity contribution in [3.05, 3.63) is 0 Å². The number of rotatable bonds is 21. The number of carboxylic acids is 3. The van der Waals surface area contributed by atoms with Crippen LogP contribution < -0.4 is 104 Å². The predicted octanol–water partition coefficient (Wildman–Crippen LogP) is -11.2. The number of ether oxygens (including phenoxy) is 1. The monoisotopic (exact) mass is 540 g/mol. The van der Waals surface area contributed by atoms with Gasteiger partial charge in [0.2, 0.25) is 0 Å². The SMILES string of the molecule is CCCCCCCCCCCC(=O)OC(=O)CN(CCN(CC(=O)[O-])CC(=O)[O-])CC(=O)[O-].[Na+].[Na+].[Na+]. The predicted molar refractivity (Wildman–Crippen MR) is 111 cm³/mol. The second kappa shape index (κ2) is 28.5. The van der Waals surface area contributed by atoms with E-state index in [0.29, 0.717) is 6.42 Å². The molecule has 0 N–H and O–H groups in total. The van der Waals surface area contributed by atoms with E-state index >= 15 is 0 Å². The van der Waals surface area contributed by atoms with E-state index in [1.54, 1.807) is 0 Å². The molecule has 0 aromatic heterocycles. The molecule has 0 unspecified atom stereocenters. The van der Waals surface area contributed by atoms with Crippen molar-refractivity contribution in [1.82, 2.24) is 9.80 Å². The van der Waals surface area contributed by atoms with Crippen LogP contribution in [-0.2, 0) is 28.7 Å². The van der Waals surface area contributed by atoms with E-state index in [9.17, 15) is 39.3 Å². The van der Waals surface area contributed by atoms with Gasteiger partial charge in [-0.25, -0.2) is 0 Å². The number of unbranched alkanes of at least 4 members (excludes halogenated alkanes) is 8. The normalized spacial score (nSPS) is 10.1. The Kier molecular flexibility index (Phi) is 34.4. The Morgan fingerprint density at radius 3 is 1.31 bits per heavy atom. The van der Waals surface area contributed by atoms with Gasteiger partial charge in [0, 0.05) is 39.1 Å². The van der Waals surface area contributed by atoms with Crippen molar-refractivity contribution >= 4 is 29.8 Å². The molecule has 14 heteroatoms. The molecule has 0 aliphatic heterocycles. The number of nitrogens with zero attached hydrogens (tertiary/aromatic N) is 2. The number of carboxylic acid groups (broad SMARTS) is 3. The molecule has 0 radical (unpaired) electrons. The van der Waals surface area contributed by atoms with E-state index in [0.717, 1.165) is 29.1 Å². The number of carbonyl (C=O) groups excluding carboxylic acids is 5. The fourth-order valence-electron chi connectivity index (χ4n) is 3.23. The molecule has 0 aromatic rings. The molecule has 0 saturated heterocycles. The maximum atomic E-state index is 12.0. The van der Waals surface area contributed by atoms with Crippen LogP contribution in [-0.4, -0.2) is 78.9 Å². The van der Waals surface area contributed by atoms with Crippen molar-refractivity contribution in [2.24, 2.45) is 0 Å². The van der Waals surface area contributed by atoms with Crippen LogP contribution in [0.15, 0.2) is 0 Å². The number of hydrogen-bond acceptors (Lipinski definition) is 11. The van der Waals surface area contributed by atoms with Crippen LogP contribution in [0.2, 0.25) is 0 Å². The number of carbonyl (C=O) groups is 5. The summed E-state index contributed by atoms with van der Waals surface area (Å²) in [6, 6.07) is 0. The molecule has 0 atom stereocenters. The maximum Gasteiger partial charge on any atom is 1.00 e. The molecule has 0 fully saturated rings. The van der Waals surface area contributed by atoms with Gasteiger partial charge in [-0.3, -0.25) is 19.4 Å². The number of hydrogen-bond donors (Lipinski definition) is 0. The van der Waals surface area contributed by atoms with Crippen molar-refractivity contribution in [1.29, 1.82) is 0 Å². The summed E-state index contributed by atoms with van der Waals surface area (Å²) >= 11 is 0. The molecule has 0 spiro atoms. The first-order chi connectivity index (χ1) is 15.6. The van der Waals surface area contributed by atoms with Crippen LogP contribution in [0, 0.1) is 0 Å². The van der Waals surface area contributed by atoms with Crippen LogP contribution in [0.25, 0.3) is 0 Å². The average molecular weight is 540 g/mol. The number of esters is 2. The molecule has 36 heavy (non-hydrogen) atoms. The summed E-state index contributed by atoms with van der Waals surface area (Å²) in [7, 11) is 0. The minimum atomic E-state index is -1.52. The third-order valence-corrected chi connectivity index (χ3v) is 4.86. The third kappa shape index (κ3) is 29.0. The van der Waals surface area contributed by atoms with Gasteiger partial charge < -0.3 is 34.4 Å². The van der Waals surface area contributed by atoms with Crippen LogP contribution in [0.1, 0.15) is 71.1 Å². The Labute approximate surface area is 279 Å². The van der Waals surface area contributed by atoms with Gasteiger partial charge in [0.15, 0.2) is 0 Å². The molecule has 0 amide bonds. The van der Waals surface area contributed by atoms with Crippen LogP contribution in [0.3, 0.4) is 0 Å². The summed E-state index contributed by atoms with van der Waals surface area (Å²) in [5.41, 5.74) is 0. The Balaban J connectivity index is -0.00000171. The molecule has 190 valence electrons. The van der Waals surface area contributed by atoms with E-state index in [2.05, 4.69) is 6.92 Å². The molecule has 0 heterocycles. The molecule has 0 rings (SSSR count). The van der Waals surface area contributed by atoms with Gasteiger partial charge in [-0.15, -0.1) is 0 Å². The molecule has 11 nitrogen and oxygen atoms in total. The Morgan fingerprint density at radius 1 is 0.556 bits per heavy atom. The van der Waals surface area contributed by atoms with E-state index < -0.39 is 56.0 Å². The van der Waals surface area contributed by atoms with Gasteiger partial charge in [-0.2, -0.15) is 0 Å². The maximum absolute atomic E-state index is 12.0. The van der Waals surface area contributed by atoms with Crippen molar-refractivity contribution < 1.29 is 133 Å². The van der Waals surface area contributed by atoms with Gasteiger partial charge >= 0.3 is 101 Å². The molecule has 0 bridgehead atoms. The summed E-state index contributed by atoms with van der Waals surface area (Å²) < 4.78 is 4.72. The van der Waals surface area contributed by atoms with Crippen molar-refractivity contribution in [3.8, 4) is 0 Å². The average Bonchev–Trinajstić information content (AvgIpc) is 2.69. The topological polar surface area (TPSA) is 170 Å². The largest absolute Gasteiger partial charge is 1.00 e. The molecular formula is C22H35N2Na3O9. The van der Waals surface area contributed by atoms with E-state index in [4.69, 9.17) is 4.74 Å². The quantitative estimate of drug-likeness (QED) is 0.0586. The first-order valence-electron chi connectivity index (χ1n) is 11.4. The summed E-state index contributed by atoms with van der Waals surface area (Å²) in [6.45, 7) is -0.887. The third-order valence-electron chi connectivity index (χ3n) is 4.86. The van der Waals surface area contributed by atoms with Crippen molar-refractivity contribution in [2.45, 2.75) is 71.1 Å². The molecule has 0 saturated carbocycles. The fourth-order valence-corrected chi connectivity index (χ4v) is 3.23. The van der Waals surface area contributed by atoms with Crippen LogP contribution in [0.5, 0.6) is 0 Å². The van der Waals surface area contributed by atoms with Gasteiger partial charge in [0.05, 0.1) is 24.5 Å². The zero-order valence-corrected chi connectivity index (χ0v) is 28.4. The first-order valence-corrected chi connectivity index (χ1v) is 11.4. The van der Waals surface area contributed by atoms with Gasteiger partial charge in [0.1, 0.15) is 0 Å².